The summed E-state index contributed by atoms with van der Waals surface area (Å²) in [5.41, 5.74) is -0.881. The average molecular weight is 273 g/mol. The molecule has 0 aromatic rings. The van der Waals surface area contributed by atoms with Gasteiger partial charge >= 0.3 is 5.97 Å². The lowest BCUT2D eigenvalue weighted by atomic mass is 9.71. The van der Waals surface area contributed by atoms with Gasteiger partial charge in [0.25, 0.3) is 0 Å². The third kappa shape index (κ3) is 5.16. The van der Waals surface area contributed by atoms with E-state index < -0.39 is 11.4 Å². The first kappa shape index (κ1) is 15.9. The minimum absolute atomic E-state index is 0.0440. The summed E-state index contributed by atoms with van der Waals surface area (Å²) in [5.74, 6) is -1.10. The number of amides is 1. The molecule has 0 bridgehead atoms. The number of hydrogen-bond acceptors (Lipinski definition) is 4. The van der Waals surface area contributed by atoms with Gasteiger partial charge in [0.1, 0.15) is 0 Å². The van der Waals surface area contributed by atoms with Crippen molar-refractivity contribution in [3.63, 3.8) is 0 Å². The van der Waals surface area contributed by atoms with Gasteiger partial charge in [-0.25, -0.2) is 0 Å². The molecule has 0 radical (unpaired) electrons. The summed E-state index contributed by atoms with van der Waals surface area (Å²) in [5, 5.41) is 20.5. The molecular weight excluding hydrogens is 250 g/mol. The number of carboxylic acid groups (broad SMARTS) is 1. The summed E-state index contributed by atoms with van der Waals surface area (Å²) in [4.78, 5) is 23.2. The maximum atomic E-state index is 11.8. The number of carbonyl (C=O) groups is 2. The summed E-state index contributed by atoms with van der Waals surface area (Å²) in [6, 6.07) is 0. The number of carboxylic acids is 1. The topological polar surface area (TPSA) is 95.9 Å². The molecule has 19 heavy (non-hydrogen) atoms. The van der Waals surface area contributed by atoms with Crippen molar-refractivity contribution in [3.05, 3.63) is 0 Å². The van der Waals surface area contributed by atoms with Crippen molar-refractivity contribution in [3.8, 4) is 0 Å². The Hall–Kier alpha value is -1.14. The van der Waals surface area contributed by atoms with Gasteiger partial charge in [0.05, 0.1) is 25.2 Å². The zero-order valence-electron chi connectivity index (χ0n) is 11.2. The summed E-state index contributed by atoms with van der Waals surface area (Å²) in [6.45, 7) is 0.867. The molecule has 0 saturated heterocycles. The van der Waals surface area contributed by atoms with Gasteiger partial charge in [-0.05, 0) is 12.8 Å². The van der Waals surface area contributed by atoms with Crippen molar-refractivity contribution in [1.29, 1.82) is 0 Å². The van der Waals surface area contributed by atoms with E-state index in [9.17, 15) is 14.7 Å². The molecule has 1 aliphatic rings. The number of ether oxygens (including phenoxy) is 1. The first-order chi connectivity index (χ1) is 9.10. The molecule has 6 nitrogen and oxygen atoms in total. The lowest BCUT2D eigenvalue weighted by Crippen LogP contribution is -2.39. The van der Waals surface area contributed by atoms with Crippen molar-refractivity contribution in [1.82, 2.24) is 5.32 Å². The quantitative estimate of drug-likeness (QED) is 0.561. The van der Waals surface area contributed by atoms with Gasteiger partial charge in [0, 0.05) is 13.0 Å². The van der Waals surface area contributed by atoms with Gasteiger partial charge in [-0.15, -0.1) is 0 Å². The molecule has 6 heteroatoms. The Bertz CT molecular complexity index is 299. The predicted octanol–water partition coefficient (Wildman–Crippen LogP) is 0.537. The fourth-order valence-electron chi connectivity index (χ4n) is 2.49. The fourth-order valence-corrected chi connectivity index (χ4v) is 2.49. The second-order valence-corrected chi connectivity index (χ2v) is 5.01. The second kappa shape index (κ2) is 8.12. The molecule has 1 aliphatic carbocycles. The zero-order chi connectivity index (χ0) is 14.1. The summed E-state index contributed by atoms with van der Waals surface area (Å²) >= 11 is 0. The van der Waals surface area contributed by atoms with Crippen LogP contribution in [0.5, 0.6) is 0 Å². The van der Waals surface area contributed by atoms with Gasteiger partial charge < -0.3 is 20.3 Å². The average Bonchev–Trinajstić information content (AvgIpc) is 2.39. The smallest absolute Gasteiger partial charge is 0.310 e. The van der Waals surface area contributed by atoms with Crippen LogP contribution in [0.4, 0.5) is 0 Å². The van der Waals surface area contributed by atoms with E-state index in [2.05, 4.69) is 5.32 Å². The van der Waals surface area contributed by atoms with Gasteiger partial charge in [-0.1, -0.05) is 19.3 Å². The maximum absolute atomic E-state index is 11.8. The van der Waals surface area contributed by atoms with Crippen molar-refractivity contribution >= 4 is 11.9 Å². The molecule has 1 fully saturated rings. The molecule has 1 saturated carbocycles. The molecule has 3 N–H and O–H groups in total. The van der Waals surface area contributed by atoms with Gasteiger partial charge in [0.2, 0.25) is 5.91 Å². The number of aliphatic hydroxyl groups excluding tert-OH is 1. The summed E-state index contributed by atoms with van der Waals surface area (Å²) < 4.78 is 5.01. The molecule has 0 aromatic carbocycles. The molecule has 1 rings (SSSR count). The number of aliphatic hydroxyl groups is 1. The predicted molar refractivity (Wildman–Crippen MR) is 68.7 cm³/mol. The van der Waals surface area contributed by atoms with Crippen LogP contribution in [0.15, 0.2) is 0 Å². The second-order valence-electron chi connectivity index (χ2n) is 5.01. The monoisotopic (exact) mass is 273 g/mol. The van der Waals surface area contributed by atoms with Crippen LogP contribution in [0, 0.1) is 5.41 Å². The van der Waals surface area contributed by atoms with E-state index >= 15 is 0 Å². The Balaban J connectivity index is 2.33. The molecule has 0 aliphatic heterocycles. The van der Waals surface area contributed by atoms with E-state index in [0.29, 0.717) is 26.0 Å². The van der Waals surface area contributed by atoms with Crippen LogP contribution in [-0.2, 0) is 14.3 Å². The molecule has 0 heterocycles. The highest BCUT2D eigenvalue weighted by molar-refractivity contribution is 5.85. The van der Waals surface area contributed by atoms with E-state index in [0.717, 1.165) is 19.3 Å². The summed E-state index contributed by atoms with van der Waals surface area (Å²) in [6.07, 6.45) is 4.00. The molecule has 0 spiro atoms. The Labute approximate surface area is 113 Å². The number of carbonyl (C=O) groups excluding carboxylic acids is 1. The van der Waals surface area contributed by atoms with Crippen LogP contribution < -0.4 is 5.32 Å². The summed E-state index contributed by atoms with van der Waals surface area (Å²) in [7, 11) is 0. The van der Waals surface area contributed by atoms with Gasteiger partial charge in [0.15, 0.2) is 0 Å². The molecule has 1 amide bonds. The molecular formula is C13H23NO5. The van der Waals surface area contributed by atoms with E-state index in [1.54, 1.807) is 0 Å². The minimum Gasteiger partial charge on any atom is -0.481 e. The molecule has 0 atom stereocenters. The number of nitrogens with one attached hydrogen (secondary N) is 1. The Morgan fingerprint density at radius 1 is 1.16 bits per heavy atom. The Kier molecular flexibility index (Phi) is 6.80. The van der Waals surface area contributed by atoms with Crippen molar-refractivity contribution in [2.24, 2.45) is 5.41 Å². The van der Waals surface area contributed by atoms with Crippen LogP contribution in [0.3, 0.4) is 0 Å². The highest BCUT2D eigenvalue weighted by atomic mass is 16.5. The first-order valence-electron chi connectivity index (χ1n) is 6.79. The third-order valence-corrected chi connectivity index (χ3v) is 3.57. The molecule has 0 unspecified atom stereocenters. The van der Waals surface area contributed by atoms with Crippen LogP contribution >= 0.6 is 0 Å². The normalized spacial score (nSPS) is 17.9. The SMILES string of the molecule is O=C(CC1(C(=O)O)CCCCC1)NCCOCCO. The fraction of sp³-hybridized carbons (Fsp3) is 0.846. The Morgan fingerprint density at radius 3 is 2.42 bits per heavy atom. The third-order valence-electron chi connectivity index (χ3n) is 3.57. The van der Waals surface area contributed by atoms with Crippen LogP contribution in [0.25, 0.3) is 0 Å². The lowest BCUT2D eigenvalue weighted by Gasteiger charge is -2.32. The van der Waals surface area contributed by atoms with E-state index in [1.165, 1.54) is 0 Å². The molecule has 0 aromatic heterocycles. The first-order valence-corrected chi connectivity index (χ1v) is 6.79. The molecule has 110 valence electrons. The largest absolute Gasteiger partial charge is 0.481 e. The van der Waals surface area contributed by atoms with E-state index in [4.69, 9.17) is 9.84 Å². The van der Waals surface area contributed by atoms with Crippen molar-refractivity contribution in [2.75, 3.05) is 26.4 Å². The van der Waals surface area contributed by atoms with Crippen LogP contribution in [0.1, 0.15) is 38.5 Å². The number of rotatable bonds is 8. The van der Waals surface area contributed by atoms with Gasteiger partial charge in [-0.2, -0.15) is 0 Å². The maximum Gasteiger partial charge on any atom is 0.310 e. The lowest BCUT2D eigenvalue weighted by molar-refractivity contribution is -0.154. The minimum atomic E-state index is -0.881. The number of hydrogen-bond donors (Lipinski definition) is 3. The number of aliphatic carboxylic acids is 1. The van der Waals surface area contributed by atoms with Crippen molar-refractivity contribution < 1.29 is 24.5 Å². The van der Waals surface area contributed by atoms with Crippen LogP contribution in [0.2, 0.25) is 0 Å². The van der Waals surface area contributed by atoms with Crippen LogP contribution in [-0.4, -0.2) is 48.5 Å². The van der Waals surface area contributed by atoms with Crippen molar-refractivity contribution in [2.45, 2.75) is 38.5 Å². The highest BCUT2D eigenvalue weighted by Gasteiger charge is 2.41. The Morgan fingerprint density at radius 2 is 1.84 bits per heavy atom. The van der Waals surface area contributed by atoms with E-state index in [1.807, 2.05) is 0 Å². The zero-order valence-corrected chi connectivity index (χ0v) is 11.2. The highest BCUT2D eigenvalue weighted by Crippen LogP contribution is 2.39. The van der Waals surface area contributed by atoms with E-state index in [-0.39, 0.29) is 25.5 Å². The van der Waals surface area contributed by atoms with Gasteiger partial charge in [-0.3, -0.25) is 9.59 Å². The standard InChI is InChI=1S/C13H23NO5/c15-7-9-19-8-6-14-11(16)10-13(12(17)18)4-2-1-3-5-13/h15H,1-10H2,(H,14,16)(H,17,18).